The van der Waals surface area contributed by atoms with Crippen molar-refractivity contribution >= 4 is 62.9 Å². The zero-order valence-corrected chi connectivity index (χ0v) is 18.8. The number of anilines is 1. The smallest absolute Gasteiger partial charge is 0.125 e. The van der Waals surface area contributed by atoms with Crippen molar-refractivity contribution in [3.05, 3.63) is 104 Å². The number of nitrogens with one attached hydrogen (secondary N) is 1. The van der Waals surface area contributed by atoms with E-state index in [2.05, 4.69) is 17.4 Å². The Bertz CT molecular complexity index is 1190. The average Bonchev–Trinajstić information content (AvgIpc) is 2.71. The minimum absolute atomic E-state index is 0.338. The van der Waals surface area contributed by atoms with Crippen LogP contribution in [-0.4, -0.2) is 0 Å². The second kappa shape index (κ2) is 9.36. The van der Waals surface area contributed by atoms with Crippen molar-refractivity contribution in [2.24, 2.45) is 0 Å². The summed E-state index contributed by atoms with van der Waals surface area (Å²) in [5.41, 5.74) is 2.75. The summed E-state index contributed by atoms with van der Waals surface area (Å²) < 4.78 is 6.17. The molecule has 0 unspecified atom stereocenters. The van der Waals surface area contributed by atoms with Gasteiger partial charge < -0.3 is 10.1 Å². The normalized spacial score (nSPS) is 10.9. The van der Waals surface area contributed by atoms with Gasteiger partial charge in [0.1, 0.15) is 12.4 Å². The van der Waals surface area contributed by atoms with Crippen LogP contribution in [0, 0.1) is 0 Å². The maximum atomic E-state index is 6.30. The van der Waals surface area contributed by atoms with E-state index in [9.17, 15) is 0 Å². The van der Waals surface area contributed by atoms with E-state index in [-0.39, 0.29) is 0 Å². The molecule has 4 rings (SSSR count). The molecule has 2 nitrogen and oxygen atoms in total. The molecule has 0 heterocycles. The summed E-state index contributed by atoms with van der Waals surface area (Å²) in [5.74, 6) is 0.778. The third-order valence-electron chi connectivity index (χ3n) is 4.73. The highest BCUT2D eigenvalue weighted by molar-refractivity contribution is 6.35. The molecule has 4 aromatic carbocycles. The number of hydrogen-bond donors (Lipinski definition) is 1. The molecule has 0 fully saturated rings. The first-order chi connectivity index (χ1) is 14.5. The fourth-order valence-corrected chi connectivity index (χ4v) is 4.26. The molecular weight excluding hydrogens is 460 g/mol. The van der Waals surface area contributed by atoms with Gasteiger partial charge >= 0.3 is 0 Å². The molecule has 0 amide bonds. The predicted molar refractivity (Wildman–Crippen MR) is 129 cm³/mol. The van der Waals surface area contributed by atoms with Crippen LogP contribution >= 0.6 is 46.4 Å². The highest BCUT2D eigenvalue weighted by Gasteiger charge is 2.11. The Hall–Kier alpha value is -2.10. The van der Waals surface area contributed by atoms with E-state index in [0.29, 0.717) is 33.2 Å². The fraction of sp³-hybridized carbons (Fsp3) is 0.0833. The van der Waals surface area contributed by atoms with Crippen LogP contribution in [0.2, 0.25) is 20.1 Å². The number of fused-ring (bicyclic) bond motifs is 1. The second-order valence-corrected chi connectivity index (χ2v) is 8.52. The van der Waals surface area contributed by atoms with Crippen LogP contribution in [0.5, 0.6) is 5.75 Å². The van der Waals surface area contributed by atoms with Gasteiger partial charge in [-0.2, -0.15) is 0 Å². The monoisotopic (exact) mass is 475 g/mol. The van der Waals surface area contributed by atoms with Crippen LogP contribution in [0.1, 0.15) is 11.1 Å². The maximum absolute atomic E-state index is 6.30. The van der Waals surface area contributed by atoms with E-state index in [1.54, 1.807) is 18.2 Å². The van der Waals surface area contributed by atoms with Gasteiger partial charge in [0, 0.05) is 43.4 Å². The highest BCUT2D eigenvalue weighted by Crippen LogP contribution is 2.31. The predicted octanol–water partition coefficient (Wildman–Crippen LogP) is 8.64. The molecular formula is C24H17Cl4NO. The van der Waals surface area contributed by atoms with Crippen molar-refractivity contribution < 1.29 is 4.74 Å². The SMILES string of the molecule is Clc1cc(Cl)cc(NCc2c(OCc3ccc(Cl)cc3Cl)ccc3ccccc23)c1. The van der Waals surface area contributed by atoms with E-state index in [4.69, 9.17) is 51.1 Å². The van der Waals surface area contributed by atoms with Crippen LogP contribution in [0.25, 0.3) is 10.8 Å². The molecule has 0 aliphatic heterocycles. The van der Waals surface area contributed by atoms with Crippen molar-refractivity contribution in [2.75, 3.05) is 5.32 Å². The fourth-order valence-electron chi connectivity index (χ4n) is 3.27. The van der Waals surface area contributed by atoms with Crippen molar-refractivity contribution in [1.82, 2.24) is 0 Å². The van der Waals surface area contributed by atoms with Gasteiger partial charge in [-0.3, -0.25) is 0 Å². The van der Waals surface area contributed by atoms with Crippen LogP contribution in [0.15, 0.2) is 72.8 Å². The third-order valence-corrected chi connectivity index (χ3v) is 5.75. The van der Waals surface area contributed by atoms with Crippen LogP contribution in [-0.2, 0) is 13.2 Å². The number of halogens is 4. The van der Waals surface area contributed by atoms with Gasteiger partial charge in [0.15, 0.2) is 0 Å². The minimum Gasteiger partial charge on any atom is -0.488 e. The molecule has 0 aromatic heterocycles. The van der Waals surface area contributed by atoms with Gasteiger partial charge in [0.05, 0.1) is 0 Å². The Labute approximate surface area is 195 Å². The molecule has 0 aliphatic carbocycles. The Morgan fingerprint density at radius 3 is 2.27 bits per heavy atom. The molecule has 4 aromatic rings. The Morgan fingerprint density at radius 1 is 0.733 bits per heavy atom. The highest BCUT2D eigenvalue weighted by atomic mass is 35.5. The number of rotatable bonds is 6. The first-order valence-electron chi connectivity index (χ1n) is 9.27. The van der Waals surface area contributed by atoms with Gasteiger partial charge in [-0.15, -0.1) is 0 Å². The van der Waals surface area contributed by atoms with Crippen LogP contribution < -0.4 is 10.1 Å². The Balaban J connectivity index is 1.63. The number of ether oxygens (including phenoxy) is 1. The maximum Gasteiger partial charge on any atom is 0.125 e. The van der Waals surface area contributed by atoms with Crippen molar-refractivity contribution in [3.8, 4) is 5.75 Å². The first-order valence-corrected chi connectivity index (χ1v) is 10.8. The molecule has 1 N–H and O–H groups in total. The Morgan fingerprint density at radius 2 is 1.50 bits per heavy atom. The summed E-state index contributed by atoms with van der Waals surface area (Å²) in [7, 11) is 0. The van der Waals surface area contributed by atoms with Gasteiger partial charge in [-0.25, -0.2) is 0 Å². The van der Waals surface area contributed by atoms with Gasteiger partial charge in [0.25, 0.3) is 0 Å². The molecule has 0 saturated heterocycles. The molecule has 0 aliphatic rings. The molecule has 6 heteroatoms. The molecule has 0 atom stereocenters. The van der Waals surface area contributed by atoms with Crippen molar-refractivity contribution in [1.29, 1.82) is 0 Å². The molecule has 152 valence electrons. The summed E-state index contributed by atoms with van der Waals surface area (Å²) in [6.07, 6.45) is 0. The first kappa shape index (κ1) is 21.1. The zero-order valence-electron chi connectivity index (χ0n) is 15.8. The second-order valence-electron chi connectivity index (χ2n) is 6.80. The summed E-state index contributed by atoms with van der Waals surface area (Å²) >= 11 is 24.6. The molecule has 30 heavy (non-hydrogen) atoms. The Kier molecular flexibility index (Phi) is 6.60. The molecule has 0 bridgehead atoms. The van der Waals surface area contributed by atoms with Crippen molar-refractivity contribution in [2.45, 2.75) is 13.2 Å². The lowest BCUT2D eigenvalue weighted by Gasteiger charge is -2.16. The van der Waals surface area contributed by atoms with Crippen LogP contribution in [0.4, 0.5) is 5.69 Å². The minimum atomic E-state index is 0.338. The molecule has 0 saturated carbocycles. The third kappa shape index (κ3) is 4.96. The standard InChI is InChI=1S/C24H17Cl4NO/c25-17-7-5-16(23(28)12-17)14-30-24-8-6-15-3-1-2-4-21(15)22(24)13-29-20-10-18(26)9-19(27)11-20/h1-12,29H,13-14H2. The van der Waals surface area contributed by atoms with Crippen LogP contribution in [0.3, 0.4) is 0 Å². The summed E-state index contributed by atoms with van der Waals surface area (Å²) in [6.45, 7) is 0.881. The summed E-state index contributed by atoms with van der Waals surface area (Å²) in [5, 5.41) is 7.98. The average molecular weight is 477 g/mol. The van der Waals surface area contributed by atoms with Crippen molar-refractivity contribution in [3.63, 3.8) is 0 Å². The number of hydrogen-bond acceptors (Lipinski definition) is 2. The molecule has 0 radical (unpaired) electrons. The lowest BCUT2D eigenvalue weighted by molar-refractivity contribution is 0.304. The number of benzene rings is 4. The summed E-state index contributed by atoms with van der Waals surface area (Å²) in [6, 6.07) is 23.0. The van der Waals surface area contributed by atoms with Gasteiger partial charge in [0.2, 0.25) is 0 Å². The van der Waals surface area contributed by atoms with E-state index >= 15 is 0 Å². The van der Waals surface area contributed by atoms with Gasteiger partial charge in [-0.05, 0) is 47.2 Å². The lowest BCUT2D eigenvalue weighted by Crippen LogP contribution is -2.05. The van der Waals surface area contributed by atoms with Gasteiger partial charge in [-0.1, -0.05) is 82.8 Å². The molecule has 0 spiro atoms. The largest absolute Gasteiger partial charge is 0.488 e. The topological polar surface area (TPSA) is 21.3 Å². The van der Waals surface area contributed by atoms with E-state index in [0.717, 1.165) is 33.3 Å². The van der Waals surface area contributed by atoms with E-state index in [1.807, 2.05) is 42.5 Å². The lowest BCUT2D eigenvalue weighted by atomic mass is 10.0. The van der Waals surface area contributed by atoms with E-state index in [1.165, 1.54) is 0 Å². The quantitative estimate of drug-likeness (QED) is 0.300. The van der Waals surface area contributed by atoms with E-state index < -0.39 is 0 Å². The summed E-state index contributed by atoms with van der Waals surface area (Å²) in [4.78, 5) is 0. The zero-order chi connectivity index (χ0) is 21.1.